The molecule has 0 saturated heterocycles. The molecular formula is C11H9N5O2S2. The Bertz CT molecular complexity index is 680. The van der Waals surface area contributed by atoms with Crippen LogP contribution < -0.4 is 0 Å². The fraction of sp³-hybridized carbons (Fsp3) is 0.182. The van der Waals surface area contributed by atoms with Gasteiger partial charge in [-0.2, -0.15) is 5.26 Å². The van der Waals surface area contributed by atoms with E-state index < -0.39 is 5.97 Å². The summed E-state index contributed by atoms with van der Waals surface area (Å²) in [7, 11) is 0. The van der Waals surface area contributed by atoms with Gasteiger partial charge in [-0.05, 0) is 40.6 Å². The van der Waals surface area contributed by atoms with Gasteiger partial charge in [-0.1, -0.05) is 6.07 Å². The molecule has 20 heavy (non-hydrogen) atoms. The molecule has 0 amide bonds. The van der Waals surface area contributed by atoms with E-state index in [2.05, 4.69) is 21.6 Å². The van der Waals surface area contributed by atoms with Gasteiger partial charge in [-0.25, -0.2) is 4.68 Å². The predicted octanol–water partition coefficient (Wildman–Crippen LogP) is 1.50. The maximum absolute atomic E-state index is 10.7. The largest absolute Gasteiger partial charge is 0.480 e. The zero-order valence-electron chi connectivity index (χ0n) is 10.3. The van der Waals surface area contributed by atoms with Crippen molar-refractivity contribution in [2.24, 2.45) is 0 Å². The molecule has 0 unspecified atom stereocenters. The summed E-state index contributed by atoms with van der Waals surface area (Å²) in [5, 5.41) is 29.2. The van der Waals surface area contributed by atoms with Crippen molar-refractivity contribution in [2.45, 2.75) is 21.5 Å². The van der Waals surface area contributed by atoms with Crippen molar-refractivity contribution in [2.75, 3.05) is 6.26 Å². The van der Waals surface area contributed by atoms with E-state index in [1.54, 1.807) is 6.07 Å². The minimum absolute atomic E-state index is 0.320. The highest BCUT2D eigenvalue weighted by Crippen LogP contribution is 2.33. The average molecular weight is 307 g/mol. The quantitative estimate of drug-likeness (QED) is 0.829. The molecule has 1 aromatic heterocycles. The molecule has 0 saturated carbocycles. The van der Waals surface area contributed by atoms with Crippen LogP contribution in [-0.2, 0) is 11.3 Å². The van der Waals surface area contributed by atoms with E-state index in [9.17, 15) is 10.1 Å². The van der Waals surface area contributed by atoms with Gasteiger partial charge in [-0.15, -0.1) is 16.9 Å². The zero-order chi connectivity index (χ0) is 14.5. The first-order valence-electron chi connectivity index (χ1n) is 5.38. The number of nitriles is 1. The number of carboxylic acid groups (broad SMARTS) is 1. The number of benzene rings is 1. The normalized spacial score (nSPS) is 10.2. The number of hydrogen-bond acceptors (Lipinski definition) is 7. The van der Waals surface area contributed by atoms with E-state index in [4.69, 9.17) is 5.11 Å². The summed E-state index contributed by atoms with van der Waals surface area (Å²) in [5.74, 6) is -1.03. The fourth-order valence-electron chi connectivity index (χ4n) is 1.47. The van der Waals surface area contributed by atoms with Crippen LogP contribution in [0.2, 0.25) is 0 Å². The van der Waals surface area contributed by atoms with Gasteiger partial charge in [0.15, 0.2) is 0 Å². The molecule has 1 aromatic carbocycles. The molecule has 102 valence electrons. The molecule has 0 bridgehead atoms. The van der Waals surface area contributed by atoms with Crippen molar-refractivity contribution in [1.82, 2.24) is 20.2 Å². The fourth-order valence-corrected chi connectivity index (χ4v) is 3.00. The molecule has 1 N–H and O–H groups in total. The molecular weight excluding hydrogens is 298 g/mol. The van der Waals surface area contributed by atoms with Crippen LogP contribution in [-0.4, -0.2) is 37.5 Å². The van der Waals surface area contributed by atoms with Crippen LogP contribution in [0.5, 0.6) is 0 Å². The van der Waals surface area contributed by atoms with Crippen LogP contribution in [0.4, 0.5) is 0 Å². The Balaban J connectivity index is 2.34. The number of aliphatic carboxylic acids is 1. The third-order valence-corrected chi connectivity index (χ3v) is 4.12. The number of tetrazole rings is 1. The van der Waals surface area contributed by atoms with Gasteiger partial charge in [0, 0.05) is 9.79 Å². The standard InChI is InChI=1S/C11H9N5O2S2/c1-19-8-3-2-4-9(7(8)5-12)20-11-13-14-15-16(11)6-10(17)18/h2-4H,6H2,1H3,(H,17,18). The first-order valence-corrected chi connectivity index (χ1v) is 7.42. The van der Waals surface area contributed by atoms with Crippen LogP contribution in [0.3, 0.4) is 0 Å². The van der Waals surface area contributed by atoms with Crippen molar-refractivity contribution >= 4 is 29.5 Å². The lowest BCUT2D eigenvalue weighted by Crippen LogP contribution is -2.11. The molecule has 0 atom stereocenters. The number of nitrogens with zero attached hydrogens (tertiary/aromatic N) is 5. The molecule has 0 spiro atoms. The van der Waals surface area contributed by atoms with Gasteiger partial charge in [0.2, 0.25) is 5.16 Å². The van der Waals surface area contributed by atoms with Gasteiger partial charge < -0.3 is 5.11 Å². The minimum Gasteiger partial charge on any atom is -0.480 e. The average Bonchev–Trinajstić information content (AvgIpc) is 2.85. The topological polar surface area (TPSA) is 105 Å². The van der Waals surface area contributed by atoms with Gasteiger partial charge in [0.25, 0.3) is 0 Å². The monoisotopic (exact) mass is 307 g/mol. The Hall–Kier alpha value is -2.05. The highest BCUT2D eigenvalue weighted by atomic mass is 32.2. The van der Waals surface area contributed by atoms with E-state index in [0.717, 1.165) is 4.90 Å². The van der Waals surface area contributed by atoms with Crippen LogP contribution in [0.25, 0.3) is 0 Å². The lowest BCUT2D eigenvalue weighted by molar-refractivity contribution is -0.138. The summed E-state index contributed by atoms with van der Waals surface area (Å²) in [6, 6.07) is 7.62. The zero-order valence-corrected chi connectivity index (χ0v) is 12.0. The number of hydrogen-bond donors (Lipinski definition) is 1. The third kappa shape index (κ3) is 3.09. The van der Waals surface area contributed by atoms with Crippen molar-refractivity contribution < 1.29 is 9.90 Å². The van der Waals surface area contributed by atoms with E-state index in [1.165, 1.54) is 28.2 Å². The molecule has 1 heterocycles. The van der Waals surface area contributed by atoms with Crippen LogP contribution in [0.1, 0.15) is 5.56 Å². The van der Waals surface area contributed by atoms with Crippen molar-refractivity contribution in [3.05, 3.63) is 23.8 Å². The second kappa shape index (κ2) is 6.40. The molecule has 0 aliphatic carbocycles. The Morgan fingerprint density at radius 1 is 1.50 bits per heavy atom. The highest BCUT2D eigenvalue weighted by molar-refractivity contribution is 7.99. The van der Waals surface area contributed by atoms with Crippen LogP contribution in [0.15, 0.2) is 33.1 Å². The number of carbonyl (C=O) groups is 1. The van der Waals surface area contributed by atoms with Gasteiger partial charge in [0.05, 0.1) is 5.56 Å². The van der Waals surface area contributed by atoms with E-state index in [-0.39, 0.29) is 6.54 Å². The summed E-state index contributed by atoms with van der Waals surface area (Å²) >= 11 is 2.64. The smallest absolute Gasteiger partial charge is 0.325 e. The first-order chi connectivity index (χ1) is 9.65. The minimum atomic E-state index is -1.03. The van der Waals surface area contributed by atoms with Gasteiger partial charge >= 0.3 is 5.97 Å². The Labute approximate surface area is 123 Å². The summed E-state index contributed by atoms with van der Waals surface area (Å²) in [6.45, 7) is -0.320. The molecule has 0 aliphatic rings. The Morgan fingerprint density at radius 3 is 2.90 bits per heavy atom. The Kier molecular flexibility index (Phi) is 4.60. The number of rotatable bonds is 5. The second-order valence-electron chi connectivity index (χ2n) is 3.56. The Morgan fingerprint density at radius 2 is 2.25 bits per heavy atom. The third-order valence-electron chi connectivity index (χ3n) is 2.31. The summed E-state index contributed by atoms with van der Waals surface area (Å²) in [4.78, 5) is 12.3. The summed E-state index contributed by atoms with van der Waals surface area (Å²) in [5.41, 5.74) is 0.537. The van der Waals surface area contributed by atoms with Crippen molar-refractivity contribution in [1.29, 1.82) is 5.26 Å². The SMILES string of the molecule is CSc1cccc(Sc2nnnn2CC(=O)O)c1C#N. The van der Waals surface area contributed by atoms with Crippen LogP contribution in [0, 0.1) is 11.3 Å². The number of carboxylic acids is 1. The number of aromatic nitrogens is 4. The molecule has 0 aliphatic heterocycles. The molecule has 2 rings (SSSR count). The van der Waals surface area contributed by atoms with E-state index in [0.29, 0.717) is 15.6 Å². The molecule has 0 fully saturated rings. The molecule has 9 heteroatoms. The molecule has 2 aromatic rings. The lowest BCUT2D eigenvalue weighted by Gasteiger charge is -2.06. The van der Waals surface area contributed by atoms with E-state index in [1.807, 2.05) is 18.4 Å². The van der Waals surface area contributed by atoms with Gasteiger partial charge in [0.1, 0.15) is 12.6 Å². The maximum Gasteiger partial charge on any atom is 0.325 e. The number of thioether (sulfide) groups is 1. The molecule has 7 nitrogen and oxygen atoms in total. The van der Waals surface area contributed by atoms with Crippen molar-refractivity contribution in [3.8, 4) is 6.07 Å². The second-order valence-corrected chi connectivity index (χ2v) is 5.42. The maximum atomic E-state index is 10.7. The van der Waals surface area contributed by atoms with Crippen LogP contribution >= 0.6 is 23.5 Å². The highest BCUT2D eigenvalue weighted by Gasteiger charge is 2.14. The predicted molar refractivity (Wildman–Crippen MR) is 72.5 cm³/mol. The summed E-state index contributed by atoms with van der Waals surface area (Å²) in [6.07, 6.45) is 1.89. The summed E-state index contributed by atoms with van der Waals surface area (Å²) < 4.78 is 1.18. The van der Waals surface area contributed by atoms with Gasteiger partial charge in [-0.3, -0.25) is 4.79 Å². The lowest BCUT2D eigenvalue weighted by atomic mass is 10.2. The molecule has 0 radical (unpaired) electrons. The van der Waals surface area contributed by atoms with Crippen molar-refractivity contribution in [3.63, 3.8) is 0 Å². The van der Waals surface area contributed by atoms with E-state index >= 15 is 0 Å². The first kappa shape index (κ1) is 14.4.